The Bertz CT molecular complexity index is 378. The predicted octanol–water partition coefficient (Wildman–Crippen LogP) is 2.97. The van der Waals surface area contributed by atoms with Gasteiger partial charge in [0.05, 0.1) is 12.2 Å². The number of hydrogen-bond donors (Lipinski definition) is 1. The average molecular weight is 252 g/mol. The Morgan fingerprint density at radius 2 is 1.67 bits per heavy atom. The zero-order valence-electron chi connectivity index (χ0n) is 12.0. The molecular formula is C15H24O3. The first-order valence-corrected chi connectivity index (χ1v) is 6.24. The first-order valence-electron chi connectivity index (χ1n) is 6.24. The summed E-state index contributed by atoms with van der Waals surface area (Å²) in [5.74, 6) is 0.717. The van der Waals surface area contributed by atoms with Crippen LogP contribution in [0.5, 0.6) is 5.75 Å². The van der Waals surface area contributed by atoms with Gasteiger partial charge in [0.1, 0.15) is 12.4 Å². The van der Waals surface area contributed by atoms with Gasteiger partial charge in [-0.05, 0) is 18.4 Å². The van der Waals surface area contributed by atoms with Crippen LogP contribution in [0, 0.1) is 5.41 Å². The fourth-order valence-corrected chi connectivity index (χ4v) is 1.63. The van der Waals surface area contributed by atoms with Crippen LogP contribution in [0.1, 0.15) is 33.3 Å². The van der Waals surface area contributed by atoms with E-state index in [4.69, 9.17) is 9.47 Å². The Hall–Kier alpha value is -1.06. The summed E-state index contributed by atoms with van der Waals surface area (Å²) in [6.45, 7) is 8.88. The smallest absolute Gasteiger partial charge is 0.125 e. The topological polar surface area (TPSA) is 38.7 Å². The van der Waals surface area contributed by atoms with Crippen LogP contribution in [0.25, 0.3) is 0 Å². The van der Waals surface area contributed by atoms with Crippen LogP contribution >= 0.6 is 0 Å². The molecule has 1 N–H and O–H groups in total. The molecular weight excluding hydrogens is 228 g/mol. The van der Waals surface area contributed by atoms with Gasteiger partial charge in [-0.25, -0.2) is 0 Å². The summed E-state index contributed by atoms with van der Waals surface area (Å²) in [6, 6.07) is 7.61. The van der Waals surface area contributed by atoms with Crippen LogP contribution in [0.4, 0.5) is 0 Å². The Morgan fingerprint density at radius 1 is 1.06 bits per heavy atom. The van der Waals surface area contributed by atoms with Crippen molar-refractivity contribution in [1.82, 2.24) is 0 Å². The minimum Gasteiger partial charge on any atom is -0.491 e. The van der Waals surface area contributed by atoms with Crippen molar-refractivity contribution in [2.24, 2.45) is 5.41 Å². The van der Waals surface area contributed by atoms with Crippen LogP contribution in [0.3, 0.4) is 0 Å². The molecule has 0 bridgehead atoms. The molecule has 18 heavy (non-hydrogen) atoms. The molecule has 0 radical (unpaired) electrons. The van der Waals surface area contributed by atoms with Gasteiger partial charge in [0.25, 0.3) is 0 Å². The van der Waals surface area contributed by atoms with E-state index < -0.39 is 5.60 Å². The molecule has 0 saturated carbocycles. The second-order valence-corrected chi connectivity index (χ2v) is 5.66. The van der Waals surface area contributed by atoms with Crippen molar-refractivity contribution in [2.45, 2.75) is 33.3 Å². The molecule has 1 aromatic rings. The summed E-state index contributed by atoms with van der Waals surface area (Å²) in [4.78, 5) is 0. The highest BCUT2D eigenvalue weighted by atomic mass is 16.5. The summed E-state index contributed by atoms with van der Waals surface area (Å²) < 4.78 is 10.6. The zero-order chi connectivity index (χ0) is 13.8. The van der Waals surface area contributed by atoms with Gasteiger partial charge in [-0.15, -0.1) is 0 Å². The maximum Gasteiger partial charge on any atom is 0.125 e. The molecule has 3 nitrogen and oxygen atoms in total. The third kappa shape index (κ3) is 3.24. The monoisotopic (exact) mass is 252 g/mol. The number of hydrogen-bond acceptors (Lipinski definition) is 3. The number of rotatable bonds is 5. The fraction of sp³-hybridized carbons (Fsp3) is 0.600. The molecule has 0 heterocycles. The van der Waals surface area contributed by atoms with E-state index >= 15 is 0 Å². The van der Waals surface area contributed by atoms with Crippen LogP contribution < -0.4 is 4.74 Å². The quantitative estimate of drug-likeness (QED) is 0.819. The lowest BCUT2D eigenvalue weighted by atomic mass is 9.73. The molecule has 0 aliphatic heterocycles. The van der Waals surface area contributed by atoms with Crippen molar-refractivity contribution in [1.29, 1.82) is 0 Å². The van der Waals surface area contributed by atoms with Crippen molar-refractivity contribution in [2.75, 3.05) is 20.3 Å². The molecule has 1 unspecified atom stereocenters. The lowest BCUT2D eigenvalue weighted by Gasteiger charge is -2.38. The first-order chi connectivity index (χ1) is 8.30. The second kappa shape index (κ2) is 5.72. The van der Waals surface area contributed by atoms with Crippen LogP contribution in [-0.2, 0) is 10.3 Å². The molecule has 3 heteroatoms. The molecule has 0 aromatic heterocycles. The van der Waals surface area contributed by atoms with E-state index in [1.54, 1.807) is 7.11 Å². The molecule has 1 rings (SSSR count). The van der Waals surface area contributed by atoms with Gasteiger partial charge < -0.3 is 14.6 Å². The molecule has 102 valence electrons. The van der Waals surface area contributed by atoms with E-state index in [1.165, 1.54) is 0 Å². The lowest BCUT2D eigenvalue weighted by molar-refractivity contribution is -0.0491. The average Bonchev–Trinajstić information content (AvgIpc) is 2.28. The number of methoxy groups -OCH3 is 1. The Morgan fingerprint density at radius 3 is 2.22 bits per heavy atom. The highest BCUT2D eigenvalue weighted by molar-refractivity contribution is 5.38. The van der Waals surface area contributed by atoms with E-state index in [2.05, 4.69) is 0 Å². The van der Waals surface area contributed by atoms with E-state index in [-0.39, 0.29) is 5.41 Å². The van der Waals surface area contributed by atoms with Gasteiger partial charge >= 0.3 is 0 Å². The number of para-hydroxylation sites is 1. The maximum absolute atomic E-state index is 10.7. The van der Waals surface area contributed by atoms with Crippen LogP contribution in [0.15, 0.2) is 24.3 Å². The SMILES string of the molecule is COCCOc1ccccc1C(C)(O)C(C)(C)C. The zero-order valence-corrected chi connectivity index (χ0v) is 12.0. The minimum atomic E-state index is -0.948. The van der Waals surface area contributed by atoms with Crippen LogP contribution in [0.2, 0.25) is 0 Å². The maximum atomic E-state index is 10.7. The minimum absolute atomic E-state index is 0.270. The molecule has 0 saturated heterocycles. The first kappa shape index (κ1) is 15.0. The van der Waals surface area contributed by atoms with Gasteiger partial charge in [-0.2, -0.15) is 0 Å². The Balaban J connectivity index is 3.01. The lowest BCUT2D eigenvalue weighted by Crippen LogP contribution is -2.37. The van der Waals surface area contributed by atoms with Crippen molar-refractivity contribution >= 4 is 0 Å². The van der Waals surface area contributed by atoms with Gasteiger partial charge in [0.15, 0.2) is 0 Å². The van der Waals surface area contributed by atoms with E-state index in [0.29, 0.717) is 13.2 Å². The van der Waals surface area contributed by atoms with E-state index in [1.807, 2.05) is 52.0 Å². The van der Waals surface area contributed by atoms with Crippen molar-refractivity contribution in [3.8, 4) is 5.75 Å². The molecule has 0 spiro atoms. The Labute approximate surface area is 110 Å². The number of ether oxygens (including phenoxy) is 2. The van der Waals surface area contributed by atoms with Crippen molar-refractivity contribution in [3.05, 3.63) is 29.8 Å². The standard InChI is InChI=1S/C15H24O3/c1-14(2,3)15(4,16)12-8-6-7-9-13(12)18-11-10-17-5/h6-9,16H,10-11H2,1-5H3. The third-order valence-electron chi connectivity index (χ3n) is 3.42. The van der Waals surface area contributed by atoms with E-state index in [0.717, 1.165) is 11.3 Å². The van der Waals surface area contributed by atoms with Crippen molar-refractivity contribution in [3.63, 3.8) is 0 Å². The highest BCUT2D eigenvalue weighted by Crippen LogP contribution is 2.42. The van der Waals surface area contributed by atoms with Gasteiger partial charge in [-0.1, -0.05) is 39.0 Å². The van der Waals surface area contributed by atoms with Gasteiger partial charge in [0, 0.05) is 12.7 Å². The molecule has 0 aliphatic rings. The predicted molar refractivity (Wildman–Crippen MR) is 72.8 cm³/mol. The molecule has 0 aliphatic carbocycles. The fourth-order valence-electron chi connectivity index (χ4n) is 1.63. The molecule has 0 fully saturated rings. The molecule has 1 aromatic carbocycles. The van der Waals surface area contributed by atoms with Gasteiger partial charge in [-0.3, -0.25) is 0 Å². The summed E-state index contributed by atoms with van der Waals surface area (Å²) >= 11 is 0. The second-order valence-electron chi connectivity index (χ2n) is 5.66. The number of benzene rings is 1. The summed E-state index contributed by atoms with van der Waals surface area (Å²) in [5, 5.41) is 10.7. The highest BCUT2D eigenvalue weighted by Gasteiger charge is 2.38. The Kier molecular flexibility index (Phi) is 4.77. The van der Waals surface area contributed by atoms with Crippen LogP contribution in [-0.4, -0.2) is 25.4 Å². The summed E-state index contributed by atoms with van der Waals surface area (Å²) in [6.07, 6.45) is 0. The largest absolute Gasteiger partial charge is 0.491 e. The summed E-state index contributed by atoms with van der Waals surface area (Å²) in [7, 11) is 1.64. The van der Waals surface area contributed by atoms with Crippen molar-refractivity contribution < 1.29 is 14.6 Å². The van der Waals surface area contributed by atoms with E-state index in [9.17, 15) is 5.11 Å². The van der Waals surface area contributed by atoms with Gasteiger partial charge in [0.2, 0.25) is 0 Å². The normalized spacial score (nSPS) is 15.2. The summed E-state index contributed by atoms with van der Waals surface area (Å²) in [5.41, 5.74) is -0.404. The molecule has 0 amide bonds. The molecule has 1 atom stereocenters. The number of aliphatic hydroxyl groups is 1. The third-order valence-corrected chi connectivity index (χ3v) is 3.42.